The Balaban J connectivity index is 1.50. The predicted molar refractivity (Wildman–Crippen MR) is 181 cm³/mol. The molecule has 1 amide bonds. The first kappa shape index (κ1) is 32.0. The Bertz CT molecular complexity index is 1620. The summed E-state index contributed by atoms with van der Waals surface area (Å²) in [4.78, 5) is 19.5. The van der Waals surface area contributed by atoms with E-state index < -0.39 is 11.6 Å². The van der Waals surface area contributed by atoms with Crippen molar-refractivity contribution in [2.45, 2.75) is 30.9 Å². The van der Waals surface area contributed by atoms with Crippen LogP contribution in [-0.2, 0) is 16.0 Å². The Labute approximate surface area is 272 Å². The van der Waals surface area contributed by atoms with Crippen molar-refractivity contribution in [2.75, 3.05) is 26.9 Å². The summed E-state index contributed by atoms with van der Waals surface area (Å²) < 4.78 is 18.7. The number of nitrogens with one attached hydrogen (secondary N) is 1. The summed E-state index contributed by atoms with van der Waals surface area (Å²) in [6, 6.07) is 33.0. The highest BCUT2D eigenvalue weighted by molar-refractivity contribution is 9.10. The first-order chi connectivity index (χ1) is 22.0. The van der Waals surface area contributed by atoms with E-state index in [0.717, 1.165) is 32.5 Å². The van der Waals surface area contributed by atoms with Crippen molar-refractivity contribution in [3.05, 3.63) is 136 Å². The van der Waals surface area contributed by atoms with Gasteiger partial charge >= 0.3 is 0 Å². The van der Waals surface area contributed by atoms with Gasteiger partial charge in [-0.2, -0.15) is 0 Å². The summed E-state index contributed by atoms with van der Waals surface area (Å²) in [7, 11) is 1.65. The Morgan fingerprint density at radius 1 is 1.00 bits per heavy atom. The van der Waals surface area contributed by atoms with Crippen LogP contribution in [0.15, 0.2) is 119 Å². The van der Waals surface area contributed by atoms with Gasteiger partial charge in [-0.05, 0) is 53.9 Å². The van der Waals surface area contributed by atoms with Gasteiger partial charge in [-0.25, -0.2) is 4.99 Å². The maximum absolute atomic E-state index is 14.4. The van der Waals surface area contributed by atoms with Crippen molar-refractivity contribution in [2.24, 2.45) is 4.99 Å². The lowest BCUT2D eigenvalue weighted by molar-refractivity contribution is -0.128. The van der Waals surface area contributed by atoms with Gasteiger partial charge in [-0.15, -0.1) is 0 Å². The molecule has 232 valence electrons. The standard InChI is InChI=1S/C37H37BrN2O5/c1-43-33-17-8-5-14-28(33)22-24-39-36(42)37(23-9-13-27-11-3-2-4-12-27)34(31-15-6-7-16-32(31)38)45-35(40-37)29-18-20-30(21-19-29)44-26-10-25-41/h2-9,11-21,34,41H,10,22-26H2,1H3,(H,39,42)/b13-9+/t34-,37-/m1/s1. The van der Waals surface area contributed by atoms with Crippen LogP contribution in [0.3, 0.4) is 0 Å². The van der Waals surface area contributed by atoms with Crippen LogP contribution in [0.2, 0.25) is 0 Å². The number of aliphatic hydroxyl groups excluding tert-OH is 1. The summed E-state index contributed by atoms with van der Waals surface area (Å²) in [5.41, 5.74) is 2.31. The van der Waals surface area contributed by atoms with Crippen LogP contribution in [0.4, 0.5) is 0 Å². The van der Waals surface area contributed by atoms with Crippen molar-refractivity contribution in [3.8, 4) is 11.5 Å². The van der Waals surface area contributed by atoms with Crippen LogP contribution >= 0.6 is 15.9 Å². The number of rotatable bonds is 14. The highest BCUT2D eigenvalue weighted by atomic mass is 79.9. The highest BCUT2D eigenvalue weighted by Gasteiger charge is 2.53. The molecular weight excluding hydrogens is 632 g/mol. The molecule has 2 atom stereocenters. The number of aliphatic hydroxyl groups is 1. The zero-order valence-corrected chi connectivity index (χ0v) is 26.8. The molecule has 0 radical (unpaired) electrons. The van der Waals surface area contributed by atoms with Gasteiger partial charge in [0.15, 0.2) is 11.6 Å². The molecule has 0 unspecified atom stereocenters. The maximum atomic E-state index is 14.4. The van der Waals surface area contributed by atoms with Crippen LogP contribution < -0.4 is 14.8 Å². The number of hydrogen-bond acceptors (Lipinski definition) is 6. The van der Waals surface area contributed by atoms with Gasteiger partial charge in [0.2, 0.25) is 5.90 Å². The van der Waals surface area contributed by atoms with E-state index in [1.807, 2.05) is 115 Å². The Kier molecular flexibility index (Phi) is 11.1. The molecular formula is C37H37BrN2O5. The van der Waals surface area contributed by atoms with Crippen molar-refractivity contribution in [1.29, 1.82) is 0 Å². The predicted octanol–water partition coefficient (Wildman–Crippen LogP) is 6.94. The topological polar surface area (TPSA) is 89.4 Å². The first-order valence-electron chi connectivity index (χ1n) is 15.0. The second-order valence-electron chi connectivity index (χ2n) is 10.6. The van der Waals surface area contributed by atoms with Gasteiger partial charge in [-0.1, -0.05) is 94.8 Å². The summed E-state index contributed by atoms with van der Waals surface area (Å²) in [5, 5.41) is 12.2. The van der Waals surface area contributed by atoms with E-state index in [9.17, 15) is 4.79 Å². The van der Waals surface area contributed by atoms with E-state index in [1.165, 1.54) is 0 Å². The van der Waals surface area contributed by atoms with Gasteiger partial charge in [0.25, 0.3) is 5.91 Å². The molecule has 2 N–H and O–H groups in total. The number of amides is 1. The van der Waals surface area contributed by atoms with Crippen LogP contribution in [0.25, 0.3) is 6.08 Å². The van der Waals surface area contributed by atoms with Crippen LogP contribution in [0, 0.1) is 0 Å². The quantitative estimate of drug-likeness (QED) is 0.142. The zero-order valence-electron chi connectivity index (χ0n) is 25.2. The van der Waals surface area contributed by atoms with E-state index in [-0.39, 0.29) is 12.5 Å². The molecule has 8 heteroatoms. The van der Waals surface area contributed by atoms with Crippen molar-refractivity contribution in [1.82, 2.24) is 5.32 Å². The molecule has 5 rings (SSSR count). The van der Waals surface area contributed by atoms with Gasteiger partial charge in [-0.3, -0.25) is 4.79 Å². The number of ether oxygens (including phenoxy) is 3. The molecule has 1 heterocycles. The summed E-state index contributed by atoms with van der Waals surface area (Å²) >= 11 is 3.70. The van der Waals surface area contributed by atoms with E-state index in [0.29, 0.717) is 44.1 Å². The van der Waals surface area contributed by atoms with E-state index in [4.69, 9.17) is 24.3 Å². The zero-order chi connectivity index (χ0) is 31.5. The minimum atomic E-state index is -1.29. The summed E-state index contributed by atoms with van der Waals surface area (Å²) in [6.07, 6.45) is 4.76. The van der Waals surface area contributed by atoms with Gasteiger partial charge in [0, 0.05) is 41.6 Å². The molecule has 0 aliphatic carbocycles. The average Bonchev–Trinajstić information content (AvgIpc) is 3.46. The highest BCUT2D eigenvalue weighted by Crippen LogP contribution is 2.45. The number of halogens is 1. The fourth-order valence-electron chi connectivity index (χ4n) is 5.29. The van der Waals surface area contributed by atoms with Gasteiger partial charge in [0.1, 0.15) is 11.5 Å². The lowest BCUT2D eigenvalue weighted by atomic mass is 9.84. The lowest BCUT2D eigenvalue weighted by Crippen LogP contribution is -2.48. The summed E-state index contributed by atoms with van der Waals surface area (Å²) in [5.74, 6) is 1.62. The third-order valence-electron chi connectivity index (χ3n) is 7.63. The number of nitrogens with zero attached hydrogens (tertiary/aromatic N) is 1. The largest absolute Gasteiger partial charge is 0.496 e. The number of carbonyl (C=O) groups excluding carboxylic acids is 1. The Morgan fingerprint density at radius 2 is 1.73 bits per heavy atom. The molecule has 0 aromatic heterocycles. The van der Waals surface area contributed by atoms with Crippen molar-refractivity contribution in [3.63, 3.8) is 0 Å². The minimum Gasteiger partial charge on any atom is -0.496 e. The molecule has 4 aromatic rings. The molecule has 0 saturated carbocycles. The van der Waals surface area contributed by atoms with E-state index in [2.05, 4.69) is 21.2 Å². The lowest BCUT2D eigenvalue weighted by Gasteiger charge is -2.30. The monoisotopic (exact) mass is 668 g/mol. The molecule has 0 fully saturated rings. The normalized spacial score (nSPS) is 17.5. The Hall–Kier alpha value is -4.40. The van der Waals surface area contributed by atoms with Crippen LogP contribution in [0.5, 0.6) is 11.5 Å². The first-order valence-corrected chi connectivity index (χ1v) is 15.8. The number of aliphatic imine (C=N–C) groups is 1. The van der Waals surface area contributed by atoms with Gasteiger partial charge < -0.3 is 24.6 Å². The van der Waals surface area contributed by atoms with Gasteiger partial charge in [0.05, 0.1) is 13.7 Å². The fraction of sp³-hybridized carbons (Fsp3) is 0.243. The number of para-hydroxylation sites is 1. The fourth-order valence-corrected chi connectivity index (χ4v) is 5.78. The second-order valence-corrected chi connectivity index (χ2v) is 11.5. The van der Waals surface area contributed by atoms with E-state index >= 15 is 0 Å². The molecule has 0 spiro atoms. The van der Waals surface area contributed by atoms with Crippen LogP contribution in [0.1, 0.15) is 41.2 Å². The van der Waals surface area contributed by atoms with E-state index in [1.54, 1.807) is 7.11 Å². The third kappa shape index (κ3) is 7.82. The molecule has 7 nitrogen and oxygen atoms in total. The molecule has 1 aliphatic heterocycles. The smallest absolute Gasteiger partial charge is 0.252 e. The molecule has 0 saturated heterocycles. The molecule has 45 heavy (non-hydrogen) atoms. The van der Waals surface area contributed by atoms with Crippen LogP contribution in [-0.4, -0.2) is 49.3 Å². The SMILES string of the molecule is COc1ccccc1CCNC(=O)[C@]1(C/C=C/c2ccccc2)N=C(c2ccc(OCCCO)cc2)O[C@@H]1c1ccccc1Br. The summed E-state index contributed by atoms with van der Waals surface area (Å²) in [6.45, 7) is 0.890. The number of hydrogen-bond donors (Lipinski definition) is 2. The Morgan fingerprint density at radius 3 is 2.49 bits per heavy atom. The molecule has 1 aliphatic rings. The maximum Gasteiger partial charge on any atom is 0.252 e. The molecule has 0 bridgehead atoms. The third-order valence-corrected chi connectivity index (χ3v) is 8.35. The number of benzene rings is 4. The second kappa shape index (κ2) is 15.5. The number of carbonyl (C=O) groups is 1. The minimum absolute atomic E-state index is 0.0704. The average molecular weight is 670 g/mol. The molecule has 4 aromatic carbocycles. The number of methoxy groups -OCH3 is 1. The van der Waals surface area contributed by atoms with Crippen molar-refractivity contribution >= 4 is 33.8 Å². The van der Waals surface area contributed by atoms with Crippen molar-refractivity contribution < 1.29 is 24.1 Å².